The first-order valence-electron chi connectivity index (χ1n) is 9.79. The zero-order valence-corrected chi connectivity index (χ0v) is 18.1. The maximum Gasteiger partial charge on any atom is 0.262 e. The second kappa shape index (κ2) is 9.06. The third-order valence-corrected chi connectivity index (χ3v) is 5.53. The number of carbonyl (C=O) groups is 2. The van der Waals surface area contributed by atoms with Crippen LogP contribution < -0.4 is 16.2 Å². The number of hydrogen-bond donors (Lipinski definition) is 3. The first kappa shape index (κ1) is 21.3. The molecular weight excluding hydrogens is 428 g/mol. The van der Waals surface area contributed by atoms with E-state index in [1.165, 1.54) is 13.1 Å². The summed E-state index contributed by atoms with van der Waals surface area (Å²) in [6.07, 6.45) is 1.48. The van der Waals surface area contributed by atoms with Crippen LogP contribution in [0.25, 0.3) is 16.7 Å². The summed E-state index contributed by atoms with van der Waals surface area (Å²) >= 11 is 1.14. The standard InChI is InChI=1S/C22H20N6O3S/c1-13(20(30)25-16-10-8-15(9-11-16)24-14(2)29)32-22-26-19-18(21(31)27-22)12-23-28(19)17-6-4-3-5-7-17/h3-13H,1-2H3,(H,24,29)(H,25,30)(H,26,27,31)/t13-/m0/s1. The minimum absolute atomic E-state index is 0.168. The van der Waals surface area contributed by atoms with Gasteiger partial charge in [-0.05, 0) is 43.3 Å². The molecular formula is C22H20N6O3S. The van der Waals surface area contributed by atoms with Crippen molar-refractivity contribution in [1.29, 1.82) is 0 Å². The Balaban J connectivity index is 1.50. The van der Waals surface area contributed by atoms with E-state index >= 15 is 0 Å². The average molecular weight is 449 g/mol. The van der Waals surface area contributed by atoms with Gasteiger partial charge >= 0.3 is 0 Å². The number of benzene rings is 2. The van der Waals surface area contributed by atoms with Crippen LogP contribution in [0.4, 0.5) is 11.4 Å². The number of aromatic amines is 1. The van der Waals surface area contributed by atoms with Crippen LogP contribution in [-0.2, 0) is 9.59 Å². The number of amides is 2. The van der Waals surface area contributed by atoms with E-state index in [-0.39, 0.29) is 17.4 Å². The Morgan fingerprint density at radius 2 is 1.69 bits per heavy atom. The van der Waals surface area contributed by atoms with E-state index in [9.17, 15) is 14.4 Å². The highest BCUT2D eigenvalue weighted by atomic mass is 32.2. The summed E-state index contributed by atoms with van der Waals surface area (Å²) in [7, 11) is 0. The zero-order chi connectivity index (χ0) is 22.7. The Morgan fingerprint density at radius 3 is 2.34 bits per heavy atom. The minimum atomic E-state index is -0.529. The summed E-state index contributed by atoms with van der Waals surface area (Å²) in [4.78, 5) is 43.5. The first-order valence-corrected chi connectivity index (χ1v) is 10.7. The number of H-pyrrole nitrogens is 1. The monoisotopic (exact) mass is 448 g/mol. The van der Waals surface area contributed by atoms with Crippen molar-refractivity contribution in [2.75, 3.05) is 10.6 Å². The van der Waals surface area contributed by atoms with Gasteiger partial charge in [-0.1, -0.05) is 30.0 Å². The Labute approximate surface area is 187 Å². The number of hydrogen-bond acceptors (Lipinski definition) is 6. The molecule has 0 unspecified atom stereocenters. The molecule has 0 bridgehead atoms. The highest BCUT2D eigenvalue weighted by Crippen LogP contribution is 2.23. The smallest absolute Gasteiger partial charge is 0.262 e. The molecule has 0 aliphatic heterocycles. The second-order valence-electron chi connectivity index (χ2n) is 7.01. The highest BCUT2D eigenvalue weighted by molar-refractivity contribution is 8.00. The fraction of sp³-hybridized carbons (Fsp3) is 0.136. The largest absolute Gasteiger partial charge is 0.326 e. The molecule has 2 heterocycles. The lowest BCUT2D eigenvalue weighted by Gasteiger charge is -2.12. The Kier molecular flexibility index (Phi) is 6.04. The molecule has 2 aromatic carbocycles. The SMILES string of the molecule is CC(=O)Nc1ccc(NC(=O)[C@H](C)Sc2nc3c(cnn3-c3ccccc3)c(=O)[nH]2)cc1. The molecule has 1 atom stereocenters. The van der Waals surface area contributed by atoms with Crippen LogP contribution in [0, 0.1) is 0 Å². The predicted octanol–water partition coefficient (Wildman–Crippen LogP) is 3.19. The number of para-hydroxylation sites is 1. The molecule has 0 saturated carbocycles. The van der Waals surface area contributed by atoms with Gasteiger partial charge in [0, 0.05) is 18.3 Å². The van der Waals surface area contributed by atoms with Gasteiger partial charge in [-0.25, -0.2) is 9.67 Å². The van der Waals surface area contributed by atoms with Crippen molar-refractivity contribution in [2.45, 2.75) is 24.3 Å². The summed E-state index contributed by atoms with van der Waals surface area (Å²) in [5.41, 5.74) is 2.12. The van der Waals surface area contributed by atoms with Crippen LogP contribution in [0.3, 0.4) is 0 Å². The van der Waals surface area contributed by atoms with Gasteiger partial charge in [-0.2, -0.15) is 5.10 Å². The molecule has 0 aliphatic carbocycles. The number of thioether (sulfide) groups is 1. The number of aromatic nitrogens is 4. The molecule has 0 fully saturated rings. The van der Waals surface area contributed by atoms with Crippen LogP contribution in [0.1, 0.15) is 13.8 Å². The molecule has 2 amide bonds. The Morgan fingerprint density at radius 1 is 1.03 bits per heavy atom. The quantitative estimate of drug-likeness (QED) is 0.308. The first-order chi connectivity index (χ1) is 15.4. The van der Waals surface area contributed by atoms with E-state index < -0.39 is 5.25 Å². The fourth-order valence-corrected chi connectivity index (χ4v) is 3.81. The lowest BCUT2D eigenvalue weighted by molar-refractivity contribution is -0.115. The van der Waals surface area contributed by atoms with E-state index in [4.69, 9.17) is 0 Å². The molecule has 9 nitrogen and oxygen atoms in total. The molecule has 162 valence electrons. The van der Waals surface area contributed by atoms with Crippen molar-refractivity contribution in [3.05, 3.63) is 71.1 Å². The maximum atomic E-state index is 12.6. The Hall–Kier alpha value is -3.92. The lowest BCUT2D eigenvalue weighted by Crippen LogP contribution is -2.23. The van der Waals surface area contributed by atoms with Crippen molar-refractivity contribution in [3.8, 4) is 5.69 Å². The van der Waals surface area contributed by atoms with Crippen molar-refractivity contribution >= 4 is 46.0 Å². The van der Waals surface area contributed by atoms with Crippen molar-refractivity contribution < 1.29 is 9.59 Å². The maximum absolute atomic E-state index is 12.6. The fourth-order valence-electron chi connectivity index (χ4n) is 3.02. The molecule has 2 aromatic heterocycles. The molecule has 10 heteroatoms. The lowest BCUT2D eigenvalue weighted by atomic mass is 10.2. The number of nitrogens with zero attached hydrogens (tertiary/aromatic N) is 3. The van der Waals surface area contributed by atoms with Gasteiger partial charge in [0.2, 0.25) is 11.8 Å². The number of nitrogens with one attached hydrogen (secondary N) is 3. The van der Waals surface area contributed by atoms with Crippen molar-refractivity contribution in [1.82, 2.24) is 19.7 Å². The van der Waals surface area contributed by atoms with Gasteiger partial charge in [0.15, 0.2) is 10.8 Å². The van der Waals surface area contributed by atoms with E-state index in [0.29, 0.717) is 27.6 Å². The number of anilines is 2. The summed E-state index contributed by atoms with van der Waals surface area (Å²) in [5, 5.41) is 9.93. The summed E-state index contributed by atoms with van der Waals surface area (Å²) in [6.45, 7) is 3.15. The van der Waals surface area contributed by atoms with Crippen LogP contribution >= 0.6 is 11.8 Å². The average Bonchev–Trinajstić information content (AvgIpc) is 3.20. The van der Waals surface area contributed by atoms with Gasteiger partial charge in [0.1, 0.15) is 5.39 Å². The molecule has 0 spiro atoms. The second-order valence-corrected chi connectivity index (χ2v) is 8.34. The van der Waals surface area contributed by atoms with Gasteiger partial charge < -0.3 is 15.6 Å². The summed E-state index contributed by atoms with van der Waals surface area (Å²) in [5.74, 6) is -0.416. The Bertz CT molecular complexity index is 1330. The molecule has 3 N–H and O–H groups in total. The van der Waals surface area contributed by atoms with E-state index in [2.05, 4.69) is 25.7 Å². The molecule has 0 saturated heterocycles. The summed E-state index contributed by atoms with van der Waals surface area (Å²) < 4.78 is 1.59. The van der Waals surface area contributed by atoms with Gasteiger partial charge in [0.05, 0.1) is 17.1 Å². The normalized spacial score (nSPS) is 11.8. The van der Waals surface area contributed by atoms with Crippen LogP contribution in [0.2, 0.25) is 0 Å². The molecule has 0 radical (unpaired) electrons. The third-order valence-electron chi connectivity index (χ3n) is 4.55. The zero-order valence-electron chi connectivity index (χ0n) is 17.3. The minimum Gasteiger partial charge on any atom is -0.326 e. The number of carbonyl (C=O) groups excluding carboxylic acids is 2. The third kappa shape index (κ3) is 4.70. The molecule has 0 aliphatic rings. The number of rotatable bonds is 6. The van der Waals surface area contributed by atoms with Crippen LogP contribution in [0.5, 0.6) is 0 Å². The topological polar surface area (TPSA) is 122 Å². The van der Waals surface area contributed by atoms with Crippen molar-refractivity contribution in [3.63, 3.8) is 0 Å². The summed E-state index contributed by atoms with van der Waals surface area (Å²) in [6, 6.07) is 16.2. The van der Waals surface area contributed by atoms with E-state index in [1.54, 1.807) is 35.9 Å². The van der Waals surface area contributed by atoms with Crippen LogP contribution in [0.15, 0.2) is 70.7 Å². The molecule has 32 heavy (non-hydrogen) atoms. The van der Waals surface area contributed by atoms with Gasteiger partial charge in [-0.15, -0.1) is 0 Å². The van der Waals surface area contributed by atoms with E-state index in [1.807, 2.05) is 30.3 Å². The predicted molar refractivity (Wildman–Crippen MR) is 124 cm³/mol. The number of fused-ring (bicyclic) bond motifs is 1. The van der Waals surface area contributed by atoms with Crippen LogP contribution in [-0.4, -0.2) is 36.8 Å². The highest BCUT2D eigenvalue weighted by Gasteiger charge is 2.18. The van der Waals surface area contributed by atoms with E-state index in [0.717, 1.165) is 17.4 Å². The van der Waals surface area contributed by atoms with Crippen molar-refractivity contribution in [2.24, 2.45) is 0 Å². The van der Waals surface area contributed by atoms with Gasteiger partial charge in [0.25, 0.3) is 5.56 Å². The van der Waals surface area contributed by atoms with Gasteiger partial charge in [-0.3, -0.25) is 14.4 Å². The molecule has 4 aromatic rings. The molecule has 4 rings (SSSR count).